The number of nitrogens with one attached hydrogen (secondary N) is 1. The molecule has 4 nitrogen and oxygen atoms in total. The van der Waals surface area contributed by atoms with Crippen LogP contribution in [-0.4, -0.2) is 29.3 Å². The highest BCUT2D eigenvalue weighted by atomic mass is 35.5. The molecule has 6 heteroatoms. The molecule has 1 N–H and O–H groups in total. The maximum atomic E-state index is 13.7. The van der Waals surface area contributed by atoms with Gasteiger partial charge in [0.15, 0.2) is 0 Å². The maximum absolute atomic E-state index is 13.7. The van der Waals surface area contributed by atoms with Gasteiger partial charge in [-0.15, -0.1) is 0 Å². The average Bonchev–Trinajstić information content (AvgIpc) is 2.81. The van der Waals surface area contributed by atoms with Crippen molar-refractivity contribution in [1.82, 2.24) is 10.2 Å². The van der Waals surface area contributed by atoms with Gasteiger partial charge in [-0.25, -0.2) is 0 Å². The van der Waals surface area contributed by atoms with Crippen molar-refractivity contribution in [2.24, 2.45) is 0 Å². The summed E-state index contributed by atoms with van der Waals surface area (Å²) >= 11 is 12.6. The lowest BCUT2D eigenvalue weighted by Gasteiger charge is -2.32. The minimum Gasteiger partial charge on any atom is -0.354 e. The first-order valence-electron chi connectivity index (χ1n) is 11.5. The molecule has 0 aromatic heterocycles. The molecule has 0 aliphatic rings. The summed E-state index contributed by atoms with van der Waals surface area (Å²) in [4.78, 5) is 28.7. The van der Waals surface area contributed by atoms with Crippen LogP contribution in [0.3, 0.4) is 0 Å². The Kier molecular flexibility index (Phi) is 9.55. The zero-order chi connectivity index (χ0) is 24.5. The van der Waals surface area contributed by atoms with Crippen molar-refractivity contribution >= 4 is 35.0 Å². The van der Waals surface area contributed by atoms with E-state index in [4.69, 9.17) is 23.2 Å². The van der Waals surface area contributed by atoms with Gasteiger partial charge in [-0.1, -0.05) is 96.4 Å². The monoisotopic (exact) mass is 496 g/mol. The van der Waals surface area contributed by atoms with Gasteiger partial charge in [0.25, 0.3) is 0 Å². The Bertz CT molecular complexity index is 1120. The van der Waals surface area contributed by atoms with Crippen LogP contribution in [-0.2, 0) is 29.0 Å². The molecule has 0 saturated carbocycles. The van der Waals surface area contributed by atoms with Gasteiger partial charge in [0.05, 0.1) is 6.42 Å². The van der Waals surface area contributed by atoms with E-state index in [1.165, 1.54) is 0 Å². The molecule has 0 fully saturated rings. The molecular formula is C28H30Cl2N2O2. The molecule has 0 radical (unpaired) electrons. The van der Waals surface area contributed by atoms with E-state index in [1.807, 2.05) is 68.4 Å². The van der Waals surface area contributed by atoms with Crippen LogP contribution in [0.15, 0.2) is 72.8 Å². The van der Waals surface area contributed by atoms with Gasteiger partial charge >= 0.3 is 0 Å². The van der Waals surface area contributed by atoms with Crippen LogP contribution in [0.25, 0.3) is 0 Å². The second kappa shape index (κ2) is 12.6. The van der Waals surface area contributed by atoms with Gasteiger partial charge in [0, 0.05) is 29.6 Å². The number of benzene rings is 3. The molecule has 0 spiro atoms. The molecule has 178 valence electrons. The van der Waals surface area contributed by atoms with Crippen LogP contribution in [0.5, 0.6) is 0 Å². The molecule has 0 bridgehead atoms. The fourth-order valence-corrected chi connectivity index (χ4v) is 4.32. The number of aryl methyl sites for hydroxylation is 1. The summed E-state index contributed by atoms with van der Waals surface area (Å²) in [6, 6.07) is 22.1. The highest BCUT2D eigenvalue weighted by Crippen LogP contribution is 2.24. The first kappa shape index (κ1) is 25.8. The molecule has 1 atom stereocenters. The smallest absolute Gasteiger partial charge is 0.243 e. The summed E-state index contributed by atoms with van der Waals surface area (Å²) < 4.78 is 0. The minimum absolute atomic E-state index is 0.135. The lowest BCUT2D eigenvalue weighted by molar-refractivity contribution is -0.140. The van der Waals surface area contributed by atoms with E-state index >= 15 is 0 Å². The van der Waals surface area contributed by atoms with E-state index < -0.39 is 6.04 Å². The lowest BCUT2D eigenvalue weighted by atomic mass is 10.0. The molecule has 34 heavy (non-hydrogen) atoms. The number of amides is 2. The van der Waals surface area contributed by atoms with Crippen LogP contribution < -0.4 is 5.32 Å². The number of carbonyl (C=O) groups is 2. The molecule has 0 saturated heterocycles. The van der Waals surface area contributed by atoms with Crippen molar-refractivity contribution in [2.45, 2.75) is 45.7 Å². The number of hydrogen-bond acceptors (Lipinski definition) is 2. The summed E-state index contributed by atoms with van der Waals surface area (Å²) in [5.74, 6) is -0.308. The van der Waals surface area contributed by atoms with Crippen LogP contribution in [0.2, 0.25) is 10.0 Å². The summed E-state index contributed by atoms with van der Waals surface area (Å²) in [5.41, 5.74) is 3.71. The Labute approximate surface area is 211 Å². The van der Waals surface area contributed by atoms with Gasteiger partial charge in [-0.2, -0.15) is 0 Å². The Morgan fingerprint density at radius 1 is 0.941 bits per heavy atom. The summed E-state index contributed by atoms with van der Waals surface area (Å²) in [6.45, 7) is 4.75. The van der Waals surface area contributed by atoms with Gasteiger partial charge < -0.3 is 10.2 Å². The first-order chi connectivity index (χ1) is 16.4. The van der Waals surface area contributed by atoms with Gasteiger partial charge in [-0.3, -0.25) is 9.59 Å². The zero-order valence-electron chi connectivity index (χ0n) is 19.6. The van der Waals surface area contributed by atoms with Crippen LogP contribution in [0, 0.1) is 6.92 Å². The molecule has 0 heterocycles. The third-order valence-electron chi connectivity index (χ3n) is 5.61. The molecule has 3 aromatic carbocycles. The second-order valence-electron chi connectivity index (χ2n) is 8.42. The molecule has 2 amide bonds. The Balaban J connectivity index is 1.98. The van der Waals surface area contributed by atoms with Gasteiger partial charge in [-0.05, 0) is 42.2 Å². The zero-order valence-corrected chi connectivity index (χ0v) is 21.1. The number of rotatable bonds is 10. The summed E-state index contributed by atoms with van der Waals surface area (Å²) in [7, 11) is 0. The first-order valence-corrected chi connectivity index (χ1v) is 12.2. The molecule has 0 aliphatic carbocycles. The highest BCUT2D eigenvalue weighted by molar-refractivity contribution is 6.35. The fourth-order valence-electron chi connectivity index (χ4n) is 3.85. The van der Waals surface area contributed by atoms with Crippen LogP contribution in [0.4, 0.5) is 0 Å². The van der Waals surface area contributed by atoms with Crippen molar-refractivity contribution in [1.29, 1.82) is 0 Å². The molecule has 3 aromatic rings. The largest absolute Gasteiger partial charge is 0.354 e. The van der Waals surface area contributed by atoms with E-state index in [0.29, 0.717) is 23.0 Å². The Hall–Kier alpha value is -2.82. The number of halogens is 2. The normalized spacial score (nSPS) is 11.6. The van der Waals surface area contributed by atoms with Crippen molar-refractivity contribution in [2.75, 3.05) is 6.54 Å². The molecule has 0 aliphatic heterocycles. The average molecular weight is 497 g/mol. The maximum Gasteiger partial charge on any atom is 0.243 e. The molecular weight excluding hydrogens is 467 g/mol. The third kappa shape index (κ3) is 7.34. The summed E-state index contributed by atoms with van der Waals surface area (Å²) in [5, 5.41) is 3.97. The predicted molar refractivity (Wildman–Crippen MR) is 139 cm³/mol. The number of carbonyl (C=O) groups excluding carboxylic acids is 2. The Morgan fingerprint density at radius 2 is 1.68 bits per heavy atom. The van der Waals surface area contributed by atoms with Crippen molar-refractivity contribution in [3.05, 3.63) is 105 Å². The van der Waals surface area contributed by atoms with Crippen molar-refractivity contribution in [3.63, 3.8) is 0 Å². The van der Waals surface area contributed by atoms with E-state index in [-0.39, 0.29) is 24.8 Å². The fraction of sp³-hybridized carbons (Fsp3) is 0.286. The van der Waals surface area contributed by atoms with Crippen LogP contribution >= 0.6 is 23.2 Å². The standard InChI is InChI=1S/C28H30Cl2N2O2/c1-3-14-31-28(34)26(16-21-9-5-4-6-10-21)32(19-23-12-13-24(29)18-25(23)30)27(33)17-22-11-7-8-20(2)15-22/h4-13,15,18,26H,3,14,16-17,19H2,1-2H3,(H,31,34)/t26-/m0/s1. The topological polar surface area (TPSA) is 49.4 Å². The van der Waals surface area contributed by atoms with Crippen LogP contribution in [0.1, 0.15) is 35.6 Å². The predicted octanol–water partition coefficient (Wildman–Crippen LogP) is 6.01. The van der Waals surface area contributed by atoms with E-state index in [2.05, 4.69) is 5.32 Å². The highest BCUT2D eigenvalue weighted by Gasteiger charge is 2.30. The number of hydrogen-bond donors (Lipinski definition) is 1. The van der Waals surface area contributed by atoms with E-state index in [0.717, 1.165) is 28.7 Å². The third-order valence-corrected chi connectivity index (χ3v) is 6.20. The Morgan fingerprint density at radius 3 is 2.35 bits per heavy atom. The van der Waals surface area contributed by atoms with E-state index in [9.17, 15) is 9.59 Å². The molecule has 0 unspecified atom stereocenters. The van der Waals surface area contributed by atoms with Gasteiger partial charge in [0.1, 0.15) is 6.04 Å². The van der Waals surface area contributed by atoms with Crippen molar-refractivity contribution in [3.8, 4) is 0 Å². The quantitative estimate of drug-likeness (QED) is 0.373. The lowest BCUT2D eigenvalue weighted by Crippen LogP contribution is -2.51. The summed E-state index contributed by atoms with van der Waals surface area (Å²) in [6.07, 6.45) is 1.41. The minimum atomic E-state index is -0.682. The SMILES string of the molecule is CCCNC(=O)[C@H](Cc1ccccc1)N(Cc1ccc(Cl)cc1Cl)C(=O)Cc1cccc(C)c1. The van der Waals surface area contributed by atoms with E-state index in [1.54, 1.807) is 23.1 Å². The van der Waals surface area contributed by atoms with Crippen molar-refractivity contribution < 1.29 is 9.59 Å². The van der Waals surface area contributed by atoms with Gasteiger partial charge in [0.2, 0.25) is 11.8 Å². The second-order valence-corrected chi connectivity index (χ2v) is 9.26. The number of nitrogens with zero attached hydrogens (tertiary/aromatic N) is 1. The molecule has 3 rings (SSSR count).